The maximum atomic E-state index is 12.2. The number of benzene rings is 1. The number of carbonyl (C=O) groups is 2. The quantitative estimate of drug-likeness (QED) is 0.393. The van der Waals surface area contributed by atoms with Crippen LogP contribution in [-0.4, -0.2) is 58.9 Å². The summed E-state index contributed by atoms with van der Waals surface area (Å²) in [7, 11) is 0. The van der Waals surface area contributed by atoms with Gasteiger partial charge in [0.1, 0.15) is 13.2 Å². The molecule has 2 atom stereocenters. The molecular weight excluding hydrogens is 382 g/mol. The Balaban J connectivity index is 1.89. The van der Waals surface area contributed by atoms with Crippen LogP contribution in [0.2, 0.25) is 5.02 Å². The van der Waals surface area contributed by atoms with Crippen molar-refractivity contribution in [2.45, 2.75) is 37.8 Å². The van der Waals surface area contributed by atoms with Gasteiger partial charge in [0.05, 0.1) is 18.7 Å². The number of hydrogen-bond acceptors (Lipinski definition) is 4. The SMILES string of the molecule is O=C(O)COCC#CCN1C(=O)CCCC1/C=C/[C@H](O)Cc1cccc(Cl)c1. The number of carbonyl (C=O) groups excluding carboxylic acids is 1. The first-order chi connectivity index (χ1) is 13.5. The van der Waals surface area contributed by atoms with Crippen molar-refractivity contribution in [2.24, 2.45) is 0 Å². The second-order valence-corrected chi connectivity index (χ2v) is 6.94. The highest BCUT2D eigenvalue weighted by atomic mass is 35.5. The van der Waals surface area contributed by atoms with E-state index >= 15 is 0 Å². The molecule has 1 saturated heterocycles. The highest BCUT2D eigenvalue weighted by Crippen LogP contribution is 2.19. The molecule has 1 aliphatic heterocycles. The van der Waals surface area contributed by atoms with Crippen LogP contribution in [0.15, 0.2) is 36.4 Å². The lowest BCUT2D eigenvalue weighted by molar-refractivity contribution is -0.141. The summed E-state index contributed by atoms with van der Waals surface area (Å²) in [6.07, 6.45) is 5.42. The number of ether oxygens (including phenoxy) is 1. The normalized spacial score (nSPS) is 18.0. The lowest BCUT2D eigenvalue weighted by Gasteiger charge is -2.32. The second kappa shape index (κ2) is 11.5. The molecule has 0 aromatic heterocycles. The van der Waals surface area contributed by atoms with Crippen molar-refractivity contribution in [3.63, 3.8) is 0 Å². The van der Waals surface area contributed by atoms with Crippen molar-refractivity contribution >= 4 is 23.5 Å². The average molecular weight is 406 g/mol. The van der Waals surface area contributed by atoms with Crippen LogP contribution in [0, 0.1) is 11.8 Å². The summed E-state index contributed by atoms with van der Waals surface area (Å²) in [5, 5.41) is 19.4. The first-order valence-corrected chi connectivity index (χ1v) is 9.49. The Bertz CT molecular complexity index is 768. The molecule has 1 aliphatic rings. The number of rotatable bonds is 8. The largest absolute Gasteiger partial charge is 0.480 e. The zero-order chi connectivity index (χ0) is 20.4. The molecule has 1 amide bonds. The van der Waals surface area contributed by atoms with E-state index in [1.807, 2.05) is 24.3 Å². The third-order valence-corrected chi connectivity index (χ3v) is 4.51. The van der Waals surface area contributed by atoms with Crippen LogP contribution in [-0.2, 0) is 20.7 Å². The predicted molar refractivity (Wildman–Crippen MR) is 106 cm³/mol. The Kier molecular flexibility index (Phi) is 9.02. The topological polar surface area (TPSA) is 87.1 Å². The van der Waals surface area contributed by atoms with E-state index in [2.05, 4.69) is 11.8 Å². The maximum Gasteiger partial charge on any atom is 0.329 e. The molecule has 0 spiro atoms. The fourth-order valence-electron chi connectivity index (χ4n) is 2.96. The minimum Gasteiger partial charge on any atom is -0.480 e. The van der Waals surface area contributed by atoms with Crippen molar-refractivity contribution in [3.05, 3.63) is 47.0 Å². The van der Waals surface area contributed by atoms with Gasteiger partial charge in [0, 0.05) is 17.9 Å². The summed E-state index contributed by atoms with van der Waals surface area (Å²) >= 11 is 5.96. The third kappa shape index (κ3) is 7.73. The van der Waals surface area contributed by atoms with E-state index in [1.165, 1.54) is 0 Å². The predicted octanol–water partition coefficient (Wildman–Crippen LogP) is 2.29. The lowest BCUT2D eigenvalue weighted by atomic mass is 9.99. The minimum atomic E-state index is -1.05. The number of carboxylic acids is 1. The van der Waals surface area contributed by atoms with Gasteiger partial charge in [-0.25, -0.2) is 4.79 Å². The fourth-order valence-corrected chi connectivity index (χ4v) is 3.18. The highest BCUT2D eigenvalue weighted by molar-refractivity contribution is 6.30. The summed E-state index contributed by atoms with van der Waals surface area (Å²) in [4.78, 5) is 24.3. The molecule has 6 nitrogen and oxygen atoms in total. The summed E-state index contributed by atoms with van der Waals surface area (Å²) in [6, 6.07) is 7.23. The summed E-state index contributed by atoms with van der Waals surface area (Å²) < 4.78 is 4.85. The molecule has 1 fully saturated rings. The Morgan fingerprint density at radius 2 is 2.25 bits per heavy atom. The molecule has 2 rings (SSSR count). The second-order valence-electron chi connectivity index (χ2n) is 6.51. The molecule has 1 aromatic carbocycles. The van der Waals surface area contributed by atoms with Crippen LogP contribution in [0.5, 0.6) is 0 Å². The lowest BCUT2D eigenvalue weighted by Crippen LogP contribution is -2.42. The van der Waals surface area contributed by atoms with Gasteiger partial charge in [-0.1, -0.05) is 47.7 Å². The Hall–Kier alpha value is -2.33. The van der Waals surface area contributed by atoms with E-state index in [0.717, 1.165) is 18.4 Å². The standard InChI is InChI=1S/C21H24ClNO5/c22-17-6-3-5-16(13-17)14-19(24)10-9-18-7-4-8-20(25)23(18)11-1-2-12-28-15-21(26)27/h3,5-6,9-10,13,18-19,24H,4,7-8,11-12,14-15H2,(H,26,27)/b10-9+/t18?,19-/m0/s1. The van der Waals surface area contributed by atoms with E-state index in [4.69, 9.17) is 21.4 Å². The first-order valence-electron chi connectivity index (χ1n) is 9.11. The van der Waals surface area contributed by atoms with E-state index in [-0.39, 0.29) is 25.1 Å². The van der Waals surface area contributed by atoms with E-state index in [0.29, 0.717) is 17.9 Å². The molecule has 0 aliphatic carbocycles. The van der Waals surface area contributed by atoms with E-state index in [9.17, 15) is 14.7 Å². The molecule has 1 aromatic rings. The molecular formula is C21H24ClNO5. The number of aliphatic hydroxyl groups excluding tert-OH is 1. The number of piperidine rings is 1. The summed E-state index contributed by atoms with van der Waals surface area (Å²) in [5.41, 5.74) is 0.938. The highest BCUT2D eigenvalue weighted by Gasteiger charge is 2.25. The zero-order valence-corrected chi connectivity index (χ0v) is 16.3. The van der Waals surface area contributed by atoms with Crippen molar-refractivity contribution < 1.29 is 24.5 Å². The number of aliphatic carboxylic acids is 1. The van der Waals surface area contributed by atoms with Crippen LogP contribution in [0.4, 0.5) is 0 Å². The number of likely N-dealkylation sites (tertiary alicyclic amines) is 1. The van der Waals surface area contributed by atoms with Gasteiger partial charge in [0.2, 0.25) is 5.91 Å². The number of nitrogens with zero attached hydrogens (tertiary/aromatic N) is 1. The van der Waals surface area contributed by atoms with Gasteiger partial charge in [0.25, 0.3) is 0 Å². The average Bonchev–Trinajstić information content (AvgIpc) is 2.64. The third-order valence-electron chi connectivity index (χ3n) is 4.27. The van der Waals surface area contributed by atoms with Gasteiger partial charge >= 0.3 is 5.97 Å². The number of amides is 1. The number of aliphatic hydroxyl groups is 1. The first kappa shape index (κ1) is 22.0. The molecule has 0 bridgehead atoms. The molecule has 0 radical (unpaired) electrons. The Labute approximate surface area is 169 Å². The number of halogens is 1. The van der Waals surface area contributed by atoms with Gasteiger partial charge in [-0.05, 0) is 30.5 Å². The van der Waals surface area contributed by atoms with Crippen LogP contribution >= 0.6 is 11.6 Å². The number of hydrogen-bond donors (Lipinski definition) is 2. The van der Waals surface area contributed by atoms with Gasteiger partial charge < -0.3 is 19.8 Å². The molecule has 7 heteroatoms. The molecule has 2 N–H and O–H groups in total. The van der Waals surface area contributed by atoms with Gasteiger partial charge in [0.15, 0.2) is 0 Å². The van der Waals surface area contributed by atoms with Crippen LogP contribution in [0.3, 0.4) is 0 Å². The van der Waals surface area contributed by atoms with Crippen LogP contribution < -0.4 is 0 Å². The Morgan fingerprint density at radius 1 is 1.43 bits per heavy atom. The molecule has 1 heterocycles. The summed E-state index contributed by atoms with van der Waals surface area (Å²) in [5.74, 6) is 4.54. The molecule has 1 unspecified atom stereocenters. The number of carboxylic acid groups (broad SMARTS) is 1. The van der Waals surface area contributed by atoms with Crippen molar-refractivity contribution in [3.8, 4) is 11.8 Å². The minimum absolute atomic E-state index is 0.00713. The smallest absolute Gasteiger partial charge is 0.329 e. The van der Waals surface area contributed by atoms with Gasteiger partial charge in [-0.2, -0.15) is 0 Å². The zero-order valence-electron chi connectivity index (χ0n) is 15.5. The van der Waals surface area contributed by atoms with Gasteiger partial charge in [-0.3, -0.25) is 4.79 Å². The Morgan fingerprint density at radius 3 is 3.00 bits per heavy atom. The maximum absolute atomic E-state index is 12.2. The van der Waals surface area contributed by atoms with Gasteiger partial charge in [-0.15, -0.1) is 0 Å². The van der Waals surface area contributed by atoms with Crippen LogP contribution in [0.25, 0.3) is 0 Å². The molecule has 0 saturated carbocycles. The van der Waals surface area contributed by atoms with Crippen molar-refractivity contribution in [2.75, 3.05) is 19.8 Å². The van der Waals surface area contributed by atoms with Crippen molar-refractivity contribution in [1.29, 1.82) is 0 Å². The van der Waals surface area contributed by atoms with E-state index in [1.54, 1.807) is 17.0 Å². The fraction of sp³-hybridized carbons (Fsp3) is 0.429. The van der Waals surface area contributed by atoms with Crippen LogP contribution in [0.1, 0.15) is 24.8 Å². The molecule has 28 heavy (non-hydrogen) atoms. The monoisotopic (exact) mass is 405 g/mol. The summed E-state index contributed by atoms with van der Waals surface area (Å²) in [6.45, 7) is -0.144. The van der Waals surface area contributed by atoms with Crippen molar-refractivity contribution in [1.82, 2.24) is 4.90 Å². The van der Waals surface area contributed by atoms with E-state index < -0.39 is 18.7 Å². The molecule has 150 valence electrons.